The van der Waals surface area contributed by atoms with Crippen molar-refractivity contribution in [1.82, 2.24) is 0 Å². The van der Waals surface area contributed by atoms with Crippen LogP contribution in [0.2, 0.25) is 0 Å². The Bertz CT molecular complexity index is 940. The van der Waals surface area contributed by atoms with Crippen LogP contribution in [0.25, 0.3) is 0 Å². The number of aromatic carboxylic acids is 1. The first-order valence-corrected chi connectivity index (χ1v) is 9.41. The zero-order valence-electron chi connectivity index (χ0n) is 14.7. The van der Waals surface area contributed by atoms with Gasteiger partial charge >= 0.3 is 5.97 Å². The number of non-ortho nitro benzene ring substituents is 1. The SMILES string of the molecule is O=C(O)c1ccc2c(c1)[C@@H]1[C@H]3CC[C@@H](C3)[C@@H]1[C@H](c1ccc([N+](=O)[O-])cc1)N2. The van der Waals surface area contributed by atoms with E-state index in [0.717, 1.165) is 16.8 Å². The monoisotopic (exact) mass is 364 g/mol. The van der Waals surface area contributed by atoms with Crippen molar-refractivity contribution in [2.75, 3.05) is 5.32 Å². The molecule has 0 aromatic heterocycles. The van der Waals surface area contributed by atoms with Crippen LogP contribution in [0.1, 0.15) is 52.7 Å². The van der Waals surface area contributed by atoms with E-state index in [4.69, 9.17) is 0 Å². The van der Waals surface area contributed by atoms with Gasteiger partial charge in [-0.05, 0) is 72.3 Å². The van der Waals surface area contributed by atoms with Crippen molar-refractivity contribution in [2.24, 2.45) is 17.8 Å². The van der Waals surface area contributed by atoms with Gasteiger partial charge < -0.3 is 10.4 Å². The van der Waals surface area contributed by atoms with Gasteiger partial charge in [-0.3, -0.25) is 10.1 Å². The lowest BCUT2D eigenvalue weighted by atomic mass is 9.68. The molecule has 5 rings (SSSR count). The first-order chi connectivity index (χ1) is 13.0. The first kappa shape index (κ1) is 16.3. The van der Waals surface area contributed by atoms with Gasteiger partial charge in [0.15, 0.2) is 0 Å². The van der Waals surface area contributed by atoms with E-state index in [0.29, 0.717) is 29.2 Å². The third kappa shape index (κ3) is 2.43. The maximum atomic E-state index is 11.4. The molecule has 27 heavy (non-hydrogen) atoms. The summed E-state index contributed by atoms with van der Waals surface area (Å²) in [6.45, 7) is 0. The highest BCUT2D eigenvalue weighted by atomic mass is 16.6. The van der Waals surface area contributed by atoms with Crippen LogP contribution in [-0.4, -0.2) is 16.0 Å². The molecule has 0 amide bonds. The Balaban J connectivity index is 1.58. The summed E-state index contributed by atoms with van der Waals surface area (Å²) in [5.74, 6) is 1.09. The fraction of sp³-hybridized carbons (Fsp3) is 0.381. The number of anilines is 1. The molecule has 1 aliphatic heterocycles. The molecule has 0 saturated heterocycles. The number of nitro groups is 1. The largest absolute Gasteiger partial charge is 0.478 e. The van der Waals surface area contributed by atoms with Crippen LogP contribution < -0.4 is 5.32 Å². The number of nitrogens with one attached hydrogen (secondary N) is 1. The summed E-state index contributed by atoms with van der Waals surface area (Å²) < 4.78 is 0. The number of hydrogen-bond donors (Lipinski definition) is 2. The van der Waals surface area contributed by atoms with E-state index < -0.39 is 5.97 Å². The van der Waals surface area contributed by atoms with Crippen LogP contribution in [0.3, 0.4) is 0 Å². The molecule has 0 spiro atoms. The van der Waals surface area contributed by atoms with Crippen LogP contribution in [0, 0.1) is 27.9 Å². The first-order valence-electron chi connectivity index (χ1n) is 9.41. The lowest BCUT2D eigenvalue weighted by molar-refractivity contribution is -0.384. The Kier molecular flexibility index (Phi) is 3.50. The van der Waals surface area contributed by atoms with Gasteiger partial charge in [-0.2, -0.15) is 0 Å². The number of fused-ring (bicyclic) bond motifs is 7. The Hall–Kier alpha value is -2.89. The number of rotatable bonds is 3. The number of nitrogens with zero attached hydrogens (tertiary/aromatic N) is 1. The third-order valence-electron chi connectivity index (χ3n) is 6.80. The van der Waals surface area contributed by atoms with Gasteiger partial charge in [0.05, 0.1) is 16.5 Å². The molecule has 2 N–H and O–H groups in total. The summed E-state index contributed by atoms with van der Waals surface area (Å²) in [6.07, 6.45) is 3.61. The van der Waals surface area contributed by atoms with Gasteiger partial charge in [0.25, 0.3) is 5.69 Å². The fourth-order valence-electron chi connectivity index (χ4n) is 5.75. The van der Waals surface area contributed by atoms with E-state index in [9.17, 15) is 20.0 Å². The van der Waals surface area contributed by atoms with Crippen LogP contribution in [0.15, 0.2) is 42.5 Å². The Morgan fingerprint density at radius 2 is 1.85 bits per heavy atom. The molecule has 0 radical (unpaired) electrons. The van der Waals surface area contributed by atoms with E-state index >= 15 is 0 Å². The van der Waals surface area contributed by atoms with Crippen LogP contribution >= 0.6 is 0 Å². The molecular formula is C21H20N2O4. The second-order valence-electron chi connectivity index (χ2n) is 8.01. The van der Waals surface area contributed by atoms with Gasteiger partial charge in [-0.25, -0.2) is 4.79 Å². The Morgan fingerprint density at radius 3 is 2.56 bits per heavy atom. The van der Waals surface area contributed by atoms with E-state index in [-0.39, 0.29) is 16.7 Å². The Labute approximate surface area is 156 Å². The van der Waals surface area contributed by atoms with Crippen molar-refractivity contribution >= 4 is 17.3 Å². The van der Waals surface area contributed by atoms with E-state index in [1.165, 1.54) is 19.3 Å². The molecule has 0 unspecified atom stereocenters. The predicted molar refractivity (Wildman–Crippen MR) is 99.9 cm³/mol. The average molecular weight is 364 g/mol. The third-order valence-corrected chi connectivity index (χ3v) is 6.80. The van der Waals surface area contributed by atoms with Crippen molar-refractivity contribution < 1.29 is 14.8 Å². The van der Waals surface area contributed by atoms with Crippen LogP contribution in [0.5, 0.6) is 0 Å². The van der Waals surface area contributed by atoms with Gasteiger partial charge in [0, 0.05) is 17.8 Å². The molecule has 138 valence electrons. The molecule has 2 fully saturated rings. The number of carbonyl (C=O) groups is 1. The fourth-order valence-corrected chi connectivity index (χ4v) is 5.75. The standard InChI is InChI=1S/C21H20N2O4/c24-21(25)14-5-8-17-16(10-14)18-12-1-2-13(9-12)19(18)20(22-17)11-3-6-15(7-4-11)23(26)27/h3-8,10,12-13,18-20,22H,1-2,9H2,(H,24,25)/t12-,13-,18-,19-,20-/m0/s1. The number of hydrogen-bond acceptors (Lipinski definition) is 4. The highest BCUT2D eigenvalue weighted by molar-refractivity contribution is 5.88. The lowest BCUT2D eigenvalue weighted by Gasteiger charge is -2.43. The number of nitro benzene ring substituents is 1. The highest BCUT2D eigenvalue weighted by Gasteiger charge is 2.53. The predicted octanol–water partition coefficient (Wildman–Crippen LogP) is 4.59. The van der Waals surface area contributed by atoms with Crippen molar-refractivity contribution in [3.05, 3.63) is 69.3 Å². The van der Waals surface area contributed by atoms with Crippen molar-refractivity contribution in [1.29, 1.82) is 0 Å². The molecule has 2 aromatic carbocycles. The minimum absolute atomic E-state index is 0.102. The molecule has 2 aliphatic carbocycles. The van der Waals surface area contributed by atoms with Crippen molar-refractivity contribution in [3.63, 3.8) is 0 Å². The summed E-state index contributed by atoms with van der Waals surface area (Å²) in [6, 6.07) is 12.3. The normalized spacial score (nSPS) is 30.3. The molecule has 5 atom stereocenters. The summed E-state index contributed by atoms with van der Waals surface area (Å²) in [7, 11) is 0. The maximum Gasteiger partial charge on any atom is 0.335 e. The summed E-state index contributed by atoms with van der Waals surface area (Å²) >= 11 is 0. The number of carboxylic acids is 1. The molecule has 2 aromatic rings. The zero-order chi connectivity index (χ0) is 18.7. The van der Waals surface area contributed by atoms with Crippen LogP contribution in [-0.2, 0) is 0 Å². The minimum Gasteiger partial charge on any atom is -0.478 e. The summed E-state index contributed by atoms with van der Waals surface area (Å²) in [4.78, 5) is 22.0. The molecule has 1 heterocycles. The van der Waals surface area contributed by atoms with E-state index in [1.54, 1.807) is 18.2 Å². The molecule has 3 aliphatic rings. The number of carboxylic acid groups (broad SMARTS) is 1. The minimum atomic E-state index is -0.894. The van der Waals surface area contributed by atoms with Gasteiger partial charge in [-0.1, -0.05) is 12.1 Å². The maximum absolute atomic E-state index is 11.4. The topological polar surface area (TPSA) is 92.5 Å². The van der Waals surface area contributed by atoms with E-state index in [2.05, 4.69) is 5.32 Å². The molecule has 6 nitrogen and oxygen atoms in total. The zero-order valence-corrected chi connectivity index (χ0v) is 14.7. The highest BCUT2D eigenvalue weighted by Crippen LogP contribution is 2.63. The van der Waals surface area contributed by atoms with Gasteiger partial charge in [0.1, 0.15) is 0 Å². The van der Waals surface area contributed by atoms with E-state index in [1.807, 2.05) is 24.3 Å². The smallest absolute Gasteiger partial charge is 0.335 e. The molecule has 2 bridgehead atoms. The number of benzene rings is 2. The second-order valence-corrected chi connectivity index (χ2v) is 8.01. The quantitative estimate of drug-likeness (QED) is 0.614. The average Bonchev–Trinajstić information content (AvgIpc) is 3.29. The van der Waals surface area contributed by atoms with Crippen molar-refractivity contribution in [3.8, 4) is 0 Å². The molecular weight excluding hydrogens is 344 g/mol. The summed E-state index contributed by atoms with van der Waals surface area (Å²) in [5.41, 5.74) is 3.63. The van der Waals surface area contributed by atoms with Crippen LogP contribution in [0.4, 0.5) is 11.4 Å². The second kappa shape index (κ2) is 5.81. The van der Waals surface area contributed by atoms with Gasteiger partial charge in [-0.15, -0.1) is 0 Å². The molecule has 6 heteroatoms. The van der Waals surface area contributed by atoms with Crippen molar-refractivity contribution in [2.45, 2.75) is 31.2 Å². The summed E-state index contributed by atoms with van der Waals surface area (Å²) in [5, 5.41) is 24.0. The molecule has 2 saturated carbocycles. The lowest BCUT2D eigenvalue weighted by Crippen LogP contribution is -2.35. The van der Waals surface area contributed by atoms with Gasteiger partial charge in [0.2, 0.25) is 0 Å². The Morgan fingerprint density at radius 1 is 1.11 bits per heavy atom.